The Bertz CT molecular complexity index is 926. The first kappa shape index (κ1) is 15.9. The van der Waals surface area contributed by atoms with Crippen molar-refractivity contribution in [2.24, 2.45) is 0 Å². The number of rotatable bonds is 5. The maximum atomic E-state index is 11.5. The fraction of sp³-hybridized carbons (Fsp3) is 0.235. The van der Waals surface area contributed by atoms with Gasteiger partial charge in [-0.2, -0.15) is 0 Å². The van der Waals surface area contributed by atoms with Crippen molar-refractivity contribution in [1.82, 2.24) is 4.98 Å². The first-order valence-electron chi connectivity index (χ1n) is 7.58. The summed E-state index contributed by atoms with van der Waals surface area (Å²) in [5, 5.41) is 24.0. The molecule has 7 heteroatoms. The molecule has 0 radical (unpaired) electrons. The van der Waals surface area contributed by atoms with Crippen LogP contribution in [0, 0.1) is 10.1 Å². The average molecular weight is 327 g/mol. The zero-order valence-electron chi connectivity index (χ0n) is 13.4. The molecule has 0 amide bonds. The molecule has 0 unspecified atom stereocenters. The van der Waals surface area contributed by atoms with Crippen LogP contribution in [0.2, 0.25) is 0 Å². The highest BCUT2D eigenvalue weighted by molar-refractivity contribution is 6.12. The van der Waals surface area contributed by atoms with Crippen LogP contribution in [0.5, 0.6) is 5.75 Å². The quantitative estimate of drug-likeness (QED) is 0.434. The highest BCUT2D eigenvalue weighted by Crippen LogP contribution is 2.41. The molecule has 24 heavy (non-hydrogen) atoms. The predicted octanol–water partition coefficient (Wildman–Crippen LogP) is 3.91. The molecule has 0 saturated carbocycles. The van der Waals surface area contributed by atoms with E-state index in [4.69, 9.17) is 4.74 Å². The van der Waals surface area contributed by atoms with Crippen molar-refractivity contribution in [3.8, 4) is 5.75 Å². The smallest absolute Gasteiger partial charge is 0.281 e. The number of non-ortho nitro benzene ring substituents is 1. The van der Waals surface area contributed by atoms with Gasteiger partial charge in [-0.3, -0.25) is 20.4 Å². The number of hydroxylamine groups is 1. The molecular weight excluding hydrogens is 310 g/mol. The van der Waals surface area contributed by atoms with Crippen LogP contribution in [0.4, 0.5) is 11.4 Å². The van der Waals surface area contributed by atoms with Gasteiger partial charge < -0.3 is 4.74 Å². The van der Waals surface area contributed by atoms with Crippen molar-refractivity contribution in [1.29, 1.82) is 0 Å². The van der Waals surface area contributed by atoms with Crippen LogP contribution in [0.25, 0.3) is 21.8 Å². The Labute approximate surface area is 138 Å². The van der Waals surface area contributed by atoms with E-state index >= 15 is 0 Å². The lowest BCUT2D eigenvalue weighted by atomic mass is 10.0. The molecule has 0 atom stereocenters. The lowest BCUT2D eigenvalue weighted by molar-refractivity contribution is -0.383. The third kappa shape index (κ3) is 2.48. The summed E-state index contributed by atoms with van der Waals surface area (Å²) in [6.07, 6.45) is 0.687. The molecule has 0 bridgehead atoms. The average Bonchev–Trinajstić information content (AvgIpc) is 2.58. The number of nitrogens with zero attached hydrogens (tertiary/aromatic N) is 3. The number of nitro benzene ring substituents is 1. The molecule has 1 heterocycles. The summed E-state index contributed by atoms with van der Waals surface area (Å²) >= 11 is 0. The highest BCUT2D eigenvalue weighted by atomic mass is 16.6. The first-order valence-corrected chi connectivity index (χ1v) is 7.58. The molecule has 1 aromatic heterocycles. The van der Waals surface area contributed by atoms with Crippen molar-refractivity contribution in [3.63, 3.8) is 0 Å². The van der Waals surface area contributed by atoms with Crippen LogP contribution in [0.1, 0.15) is 13.3 Å². The van der Waals surface area contributed by atoms with E-state index in [-0.39, 0.29) is 11.1 Å². The van der Waals surface area contributed by atoms with Crippen LogP contribution in [0.3, 0.4) is 0 Å². The maximum absolute atomic E-state index is 11.5. The van der Waals surface area contributed by atoms with Crippen molar-refractivity contribution in [3.05, 3.63) is 46.5 Å². The van der Waals surface area contributed by atoms with Gasteiger partial charge in [-0.05, 0) is 18.6 Å². The second-order valence-electron chi connectivity index (χ2n) is 5.37. The molecule has 1 N–H and O–H groups in total. The van der Waals surface area contributed by atoms with Crippen LogP contribution in [-0.4, -0.2) is 28.8 Å². The Kier molecular flexibility index (Phi) is 4.18. The zero-order valence-corrected chi connectivity index (χ0v) is 13.4. The Hall–Kier alpha value is -2.93. The fourth-order valence-corrected chi connectivity index (χ4v) is 2.84. The van der Waals surface area contributed by atoms with Crippen LogP contribution >= 0.6 is 0 Å². The molecule has 0 saturated heterocycles. The molecular formula is C17H17N3O4. The molecule has 0 aliphatic rings. The van der Waals surface area contributed by atoms with Gasteiger partial charge in [0, 0.05) is 18.0 Å². The van der Waals surface area contributed by atoms with Crippen LogP contribution in [0.15, 0.2) is 36.4 Å². The van der Waals surface area contributed by atoms with Crippen molar-refractivity contribution in [2.45, 2.75) is 13.3 Å². The van der Waals surface area contributed by atoms with E-state index in [2.05, 4.69) is 4.98 Å². The van der Waals surface area contributed by atoms with Crippen molar-refractivity contribution in [2.75, 3.05) is 18.7 Å². The van der Waals surface area contributed by atoms with Crippen LogP contribution in [-0.2, 0) is 0 Å². The third-order valence-corrected chi connectivity index (χ3v) is 3.86. The summed E-state index contributed by atoms with van der Waals surface area (Å²) < 4.78 is 5.32. The van der Waals surface area contributed by atoms with Crippen molar-refractivity contribution >= 4 is 33.2 Å². The minimum atomic E-state index is -0.471. The number of benzene rings is 2. The Morgan fingerprint density at radius 3 is 2.71 bits per heavy atom. The number of aromatic nitrogens is 1. The lowest BCUT2D eigenvalue weighted by Gasteiger charge is -2.20. The van der Waals surface area contributed by atoms with Gasteiger partial charge in [0.15, 0.2) is 0 Å². The van der Waals surface area contributed by atoms with E-state index in [0.717, 1.165) is 5.06 Å². The predicted molar refractivity (Wildman–Crippen MR) is 91.9 cm³/mol. The largest absolute Gasteiger partial charge is 0.494 e. The summed E-state index contributed by atoms with van der Waals surface area (Å²) in [6.45, 7) is 2.27. The fourth-order valence-electron chi connectivity index (χ4n) is 2.84. The van der Waals surface area contributed by atoms with Gasteiger partial charge >= 0.3 is 0 Å². The third-order valence-electron chi connectivity index (χ3n) is 3.86. The molecule has 0 fully saturated rings. The monoisotopic (exact) mass is 327 g/mol. The summed E-state index contributed by atoms with van der Waals surface area (Å²) in [4.78, 5) is 15.6. The molecule has 3 aromatic rings. The molecule has 0 aliphatic carbocycles. The minimum Gasteiger partial charge on any atom is -0.494 e. The minimum absolute atomic E-state index is 0.116. The topological polar surface area (TPSA) is 88.7 Å². The SMILES string of the molecule is CCCN(O)c1c2ccccc2nc2c(OC)ccc([N+](=O)[O-])c12. The molecule has 3 rings (SSSR count). The maximum Gasteiger partial charge on any atom is 0.281 e. The van der Waals surface area contributed by atoms with Gasteiger partial charge in [-0.15, -0.1) is 0 Å². The Morgan fingerprint density at radius 2 is 2.04 bits per heavy atom. The molecule has 0 spiro atoms. The first-order chi connectivity index (χ1) is 11.6. The van der Waals surface area contributed by atoms with E-state index in [1.165, 1.54) is 19.2 Å². The van der Waals surface area contributed by atoms with Gasteiger partial charge in [0.2, 0.25) is 0 Å². The molecule has 124 valence electrons. The Morgan fingerprint density at radius 1 is 1.29 bits per heavy atom. The molecule has 0 aliphatic heterocycles. The van der Waals surface area contributed by atoms with E-state index in [1.807, 2.05) is 19.1 Å². The van der Waals surface area contributed by atoms with E-state index in [0.29, 0.717) is 40.8 Å². The number of fused-ring (bicyclic) bond motifs is 2. The summed E-state index contributed by atoms with van der Waals surface area (Å²) in [5.74, 6) is 0.424. The number of nitro groups is 1. The van der Waals surface area contributed by atoms with Gasteiger partial charge in [-0.1, -0.05) is 25.1 Å². The molecule has 7 nitrogen and oxygen atoms in total. The van der Waals surface area contributed by atoms with E-state index in [9.17, 15) is 15.3 Å². The van der Waals surface area contributed by atoms with E-state index in [1.54, 1.807) is 12.1 Å². The number of para-hydroxylation sites is 1. The van der Waals surface area contributed by atoms with Crippen LogP contribution < -0.4 is 9.80 Å². The Balaban J connectivity index is 2.54. The second-order valence-corrected chi connectivity index (χ2v) is 5.37. The lowest BCUT2D eigenvalue weighted by Crippen LogP contribution is -2.20. The number of hydrogen-bond donors (Lipinski definition) is 1. The van der Waals surface area contributed by atoms with Gasteiger partial charge in [-0.25, -0.2) is 4.98 Å². The second kappa shape index (κ2) is 6.29. The highest BCUT2D eigenvalue weighted by Gasteiger charge is 2.24. The zero-order chi connectivity index (χ0) is 17.3. The number of anilines is 1. The number of hydrogen-bond acceptors (Lipinski definition) is 6. The van der Waals surface area contributed by atoms with Crippen molar-refractivity contribution < 1.29 is 14.9 Å². The summed E-state index contributed by atoms with van der Waals surface area (Å²) in [5.41, 5.74) is 1.25. The van der Waals surface area contributed by atoms with Gasteiger partial charge in [0.05, 0.1) is 23.2 Å². The van der Waals surface area contributed by atoms with Gasteiger partial charge in [0.1, 0.15) is 16.7 Å². The molecule has 2 aromatic carbocycles. The standard InChI is InChI=1S/C17H17N3O4/c1-3-10-19(21)17-11-6-4-5-7-12(11)18-16-14(24-2)9-8-13(15(16)17)20(22)23/h4-9,21H,3,10H2,1-2H3. The number of ether oxygens (including phenoxy) is 1. The summed E-state index contributed by atoms with van der Waals surface area (Å²) in [6, 6.07) is 10.1. The van der Waals surface area contributed by atoms with Gasteiger partial charge in [0.25, 0.3) is 5.69 Å². The normalized spacial score (nSPS) is 11.0. The number of pyridine rings is 1. The number of methoxy groups -OCH3 is 1. The van der Waals surface area contributed by atoms with E-state index < -0.39 is 4.92 Å². The summed E-state index contributed by atoms with van der Waals surface area (Å²) in [7, 11) is 1.49.